The molecule has 1 atom stereocenters. The highest BCUT2D eigenvalue weighted by atomic mass is 16.5. The Balaban J connectivity index is 2.44. The van der Waals surface area contributed by atoms with Crippen LogP contribution in [0.4, 0.5) is 0 Å². The molecule has 0 amide bonds. The number of rotatable bonds is 1. The van der Waals surface area contributed by atoms with E-state index in [1.54, 1.807) is 6.08 Å². The molecule has 0 saturated heterocycles. The van der Waals surface area contributed by atoms with Gasteiger partial charge in [-0.1, -0.05) is 0 Å². The van der Waals surface area contributed by atoms with E-state index in [9.17, 15) is 9.90 Å². The summed E-state index contributed by atoms with van der Waals surface area (Å²) >= 11 is 0. The zero-order valence-corrected chi connectivity index (χ0v) is 4.87. The fourth-order valence-electron chi connectivity index (χ4n) is 0.707. The molecule has 0 aliphatic carbocycles. The molecule has 3 nitrogen and oxygen atoms in total. The maximum Gasteiger partial charge on any atom is 0.395 e. The predicted molar refractivity (Wildman–Crippen MR) is 28.9 cm³/mol. The van der Waals surface area contributed by atoms with Crippen LogP contribution in [0, 0.1) is 0 Å². The molecule has 0 fully saturated rings. The highest BCUT2D eigenvalue weighted by molar-refractivity contribution is 5.72. The Morgan fingerprint density at radius 2 is 2.44 bits per heavy atom. The van der Waals surface area contributed by atoms with Crippen LogP contribution in [0.25, 0.3) is 0 Å². The van der Waals surface area contributed by atoms with Crippen molar-refractivity contribution in [3.05, 3.63) is 12.3 Å². The minimum absolute atomic E-state index is 0.527. The fourth-order valence-corrected chi connectivity index (χ4v) is 0.707. The Labute approximate surface area is 52.9 Å². The van der Waals surface area contributed by atoms with Crippen molar-refractivity contribution < 1.29 is 14.6 Å². The molecule has 0 aromatic heterocycles. The van der Waals surface area contributed by atoms with Crippen molar-refractivity contribution in [2.75, 3.05) is 0 Å². The summed E-state index contributed by atoms with van der Waals surface area (Å²) < 4.78 is 4.70. The van der Waals surface area contributed by atoms with Gasteiger partial charge in [0.05, 0.1) is 6.26 Å². The third kappa shape index (κ3) is 1.45. The highest BCUT2D eigenvalue weighted by Gasteiger charge is 2.20. The van der Waals surface area contributed by atoms with Crippen LogP contribution in [0.1, 0.15) is 12.8 Å². The number of carbonyl (C=O) groups excluding carboxylic acids is 1. The Kier molecular flexibility index (Phi) is 1.72. The normalized spacial score (nSPS) is 25.1. The molecular weight excluding hydrogens is 120 g/mol. The molecule has 1 aliphatic rings. The number of carbonyl (C=O) groups is 1. The van der Waals surface area contributed by atoms with Gasteiger partial charge in [-0.15, -0.1) is 0 Å². The first-order valence-corrected chi connectivity index (χ1v) is 2.82. The van der Waals surface area contributed by atoms with Crippen molar-refractivity contribution in [3.8, 4) is 0 Å². The maximum atomic E-state index is 10.1. The molecule has 0 aromatic rings. The second-order valence-corrected chi connectivity index (χ2v) is 1.89. The molecule has 0 saturated carbocycles. The lowest BCUT2D eigenvalue weighted by Crippen LogP contribution is -2.22. The first-order chi connectivity index (χ1) is 4.30. The monoisotopic (exact) mass is 127 g/mol. The summed E-state index contributed by atoms with van der Waals surface area (Å²) in [5, 5.41) is 10.1. The number of hydrogen-bond donors (Lipinski definition) is 0. The molecule has 1 rings (SSSR count). The van der Waals surface area contributed by atoms with Gasteiger partial charge in [0.25, 0.3) is 0 Å². The minimum atomic E-state index is -1.13. The molecule has 0 spiro atoms. The quantitative estimate of drug-likeness (QED) is 0.518. The van der Waals surface area contributed by atoms with Crippen molar-refractivity contribution in [2.24, 2.45) is 0 Å². The molecule has 1 unspecified atom stereocenters. The number of allylic oxidation sites excluding steroid dienone is 1. The molecule has 1 radical (unpaired) electrons. The van der Waals surface area contributed by atoms with Crippen LogP contribution in [0.3, 0.4) is 0 Å². The summed E-state index contributed by atoms with van der Waals surface area (Å²) in [6.45, 7) is 0. The summed E-state index contributed by atoms with van der Waals surface area (Å²) in [4.78, 5) is 10.1. The molecule has 0 aromatic carbocycles. The van der Waals surface area contributed by atoms with Gasteiger partial charge in [-0.2, -0.15) is 0 Å². The molecule has 0 bridgehead atoms. The fraction of sp³-hybridized carbons (Fsp3) is 0.500. The first-order valence-electron chi connectivity index (χ1n) is 2.82. The van der Waals surface area contributed by atoms with Crippen molar-refractivity contribution in [2.45, 2.75) is 18.9 Å². The van der Waals surface area contributed by atoms with Gasteiger partial charge in [0.15, 0.2) is 6.10 Å². The Bertz CT molecular complexity index is 139. The topological polar surface area (TPSA) is 46.2 Å². The van der Waals surface area contributed by atoms with Crippen LogP contribution < -0.4 is 0 Å². The lowest BCUT2D eigenvalue weighted by Gasteiger charge is -2.12. The third-order valence-corrected chi connectivity index (χ3v) is 1.20. The SMILES string of the molecule is [O]C(=O)C1CCC=CO1. The zero-order chi connectivity index (χ0) is 6.69. The van der Waals surface area contributed by atoms with Crippen LogP contribution in [-0.2, 0) is 14.6 Å². The van der Waals surface area contributed by atoms with Gasteiger partial charge in [-0.05, 0) is 18.9 Å². The van der Waals surface area contributed by atoms with Crippen LogP contribution in [-0.4, -0.2) is 12.1 Å². The van der Waals surface area contributed by atoms with Crippen molar-refractivity contribution in [1.29, 1.82) is 0 Å². The van der Waals surface area contributed by atoms with Gasteiger partial charge in [0.2, 0.25) is 0 Å². The van der Waals surface area contributed by atoms with E-state index in [0.717, 1.165) is 6.42 Å². The molecule has 3 heteroatoms. The summed E-state index contributed by atoms with van der Waals surface area (Å²) in [7, 11) is 0. The van der Waals surface area contributed by atoms with Gasteiger partial charge >= 0.3 is 5.97 Å². The van der Waals surface area contributed by atoms with Crippen molar-refractivity contribution >= 4 is 5.97 Å². The van der Waals surface area contributed by atoms with Gasteiger partial charge in [0, 0.05) is 0 Å². The molecule has 9 heavy (non-hydrogen) atoms. The number of ether oxygens (including phenoxy) is 1. The summed E-state index contributed by atoms with van der Waals surface area (Å²) in [5.74, 6) is -1.13. The minimum Gasteiger partial charge on any atom is -0.486 e. The molecule has 1 heterocycles. The van der Waals surface area contributed by atoms with Crippen LogP contribution in [0.2, 0.25) is 0 Å². The predicted octanol–water partition coefficient (Wildman–Crippen LogP) is 0.636. The van der Waals surface area contributed by atoms with Gasteiger partial charge < -0.3 is 4.74 Å². The van der Waals surface area contributed by atoms with E-state index in [-0.39, 0.29) is 0 Å². The average molecular weight is 127 g/mol. The molecular formula is C6H7O3. The van der Waals surface area contributed by atoms with E-state index >= 15 is 0 Å². The van der Waals surface area contributed by atoms with Gasteiger partial charge in [-0.25, -0.2) is 9.90 Å². The largest absolute Gasteiger partial charge is 0.486 e. The first kappa shape index (κ1) is 6.13. The van der Waals surface area contributed by atoms with Crippen LogP contribution in [0.15, 0.2) is 12.3 Å². The summed E-state index contributed by atoms with van der Waals surface area (Å²) in [5.41, 5.74) is 0. The van der Waals surface area contributed by atoms with Gasteiger partial charge in [0.1, 0.15) is 0 Å². The van der Waals surface area contributed by atoms with E-state index < -0.39 is 12.1 Å². The highest BCUT2D eigenvalue weighted by Crippen LogP contribution is 2.09. The van der Waals surface area contributed by atoms with E-state index in [0.29, 0.717) is 6.42 Å². The third-order valence-electron chi connectivity index (χ3n) is 1.20. The lowest BCUT2D eigenvalue weighted by molar-refractivity contribution is -0.154. The molecule has 1 aliphatic heterocycles. The molecule has 49 valence electrons. The van der Waals surface area contributed by atoms with Gasteiger partial charge in [-0.3, -0.25) is 0 Å². The smallest absolute Gasteiger partial charge is 0.395 e. The second kappa shape index (κ2) is 2.53. The van der Waals surface area contributed by atoms with Crippen molar-refractivity contribution in [1.82, 2.24) is 0 Å². The van der Waals surface area contributed by atoms with E-state index in [1.807, 2.05) is 0 Å². The maximum absolute atomic E-state index is 10.1. The van der Waals surface area contributed by atoms with E-state index in [1.165, 1.54) is 6.26 Å². The summed E-state index contributed by atoms with van der Waals surface area (Å²) in [6.07, 6.45) is 3.76. The van der Waals surface area contributed by atoms with Crippen LogP contribution >= 0.6 is 0 Å². The molecule has 0 N–H and O–H groups in total. The standard InChI is InChI=1S/C6H7O3/c7-6(8)5-3-1-2-4-9-5/h2,4-5H,1,3H2. The van der Waals surface area contributed by atoms with Crippen LogP contribution in [0.5, 0.6) is 0 Å². The van der Waals surface area contributed by atoms with E-state index in [2.05, 4.69) is 0 Å². The number of hydrogen-bond acceptors (Lipinski definition) is 2. The Morgan fingerprint density at radius 1 is 1.67 bits per heavy atom. The van der Waals surface area contributed by atoms with Crippen molar-refractivity contribution in [3.63, 3.8) is 0 Å². The summed E-state index contributed by atoms with van der Waals surface area (Å²) in [6, 6.07) is 0. The second-order valence-electron chi connectivity index (χ2n) is 1.89. The Morgan fingerprint density at radius 3 is 2.78 bits per heavy atom. The average Bonchev–Trinajstić information content (AvgIpc) is 1.90. The lowest BCUT2D eigenvalue weighted by atomic mass is 10.2. The Hall–Kier alpha value is -0.990. The zero-order valence-electron chi connectivity index (χ0n) is 4.87. The van der Waals surface area contributed by atoms with E-state index in [4.69, 9.17) is 4.74 Å².